The Morgan fingerprint density at radius 3 is 2.59 bits per heavy atom. The number of ether oxygens (including phenoxy) is 1. The van der Waals surface area contributed by atoms with Crippen LogP contribution in [0.15, 0.2) is 18.2 Å². The van der Waals surface area contributed by atoms with Crippen molar-refractivity contribution < 1.29 is 9.84 Å². The largest absolute Gasteiger partial charge is 0.496 e. The lowest BCUT2D eigenvalue weighted by atomic mass is 9.90. The van der Waals surface area contributed by atoms with Gasteiger partial charge in [-0.2, -0.15) is 0 Å². The van der Waals surface area contributed by atoms with E-state index >= 15 is 0 Å². The lowest BCUT2D eigenvalue weighted by Crippen LogP contribution is -2.37. The molecule has 1 aromatic carbocycles. The molecule has 3 nitrogen and oxygen atoms in total. The van der Waals surface area contributed by atoms with Crippen LogP contribution >= 0.6 is 0 Å². The zero-order valence-corrected chi connectivity index (χ0v) is 10.8. The quantitative estimate of drug-likeness (QED) is 0.871. The van der Waals surface area contributed by atoms with E-state index in [0.717, 1.165) is 17.0 Å². The molecule has 1 saturated carbocycles. The third-order valence-corrected chi connectivity index (χ3v) is 3.68. The summed E-state index contributed by atoms with van der Waals surface area (Å²) in [5.41, 5.74) is 1.98. The van der Waals surface area contributed by atoms with Crippen molar-refractivity contribution in [1.82, 2.24) is 0 Å². The van der Waals surface area contributed by atoms with E-state index in [2.05, 4.69) is 18.0 Å². The highest BCUT2D eigenvalue weighted by Crippen LogP contribution is 2.37. The first-order valence-corrected chi connectivity index (χ1v) is 6.23. The molecule has 94 valence electrons. The smallest absolute Gasteiger partial charge is 0.126 e. The molecule has 1 fully saturated rings. The Labute approximate surface area is 103 Å². The summed E-state index contributed by atoms with van der Waals surface area (Å²) in [6.07, 6.45) is 3.28. The Balaban J connectivity index is 2.37. The lowest BCUT2D eigenvalue weighted by molar-refractivity contribution is 0.194. The van der Waals surface area contributed by atoms with Gasteiger partial charge >= 0.3 is 0 Å². The minimum absolute atomic E-state index is 0.510. The second-order valence-corrected chi connectivity index (χ2v) is 4.76. The zero-order chi connectivity index (χ0) is 12.4. The summed E-state index contributed by atoms with van der Waals surface area (Å²) >= 11 is 0. The molecule has 0 bridgehead atoms. The third kappa shape index (κ3) is 2.25. The van der Waals surface area contributed by atoms with Crippen LogP contribution in [0.1, 0.15) is 37.9 Å². The molecule has 3 heteroatoms. The topological polar surface area (TPSA) is 32.7 Å². The number of hydrogen-bond acceptors (Lipinski definition) is 3. The van der Waals surface area contributed by atoms with E-state index in [9.17, 15) is 5.11 Å². The fourth-order valence-corrected chi connectivity index (χ4v) is 2.41. The lowest BCUT2D eigenvalue weighted by Gasteiger charge is -2.38. The highest BCUT2D eigenvalue weighted by atomic mass is 16.5. The number of aliphatic hydroxyl groups is 1. The van der Waals surface area contributed by atoms with Crippen LogP contribution in [0.4, 0.5) is 5.69 Å². The fourth-order valence-electron chi connectivity index (χ4n) is 2.41. The molecule has 0 saturated heterocycles. The first-order chi connectivity index (χ1) is 8.15. The van der Waals surface area contributed by atoms with Crippen LogP contribution < -0.4 is 9.64 Å². The van der Waals surface area contributed by atoms with E-state index < -0.39 is 6.10 Å². The van der Waals surface area contributed by atoms with Crippen LogP contribution in [-0.2, 0) is 0 Å². The van der Waals surface area contributed by atoms with Crippen molar-refractivity contribution >= 4 is 5.69 Å². The molecule has 1 aliphatic carbocycles. The van der Waals surface area contributed by atoms with Crippen molar-refractivity contribution in [1.29, 1.82) is 0 Å². The predicted molar refractivity (Wildman–Crippen MR) is 69.7 cm³/mol. The van der Waals surface area contributed by atoms with Crippen LogP contribution in [0, 0.1) is 0 Å². The van der Waals surface area contributed by atoms with Gasteiger partial charge in [0.05, 0.1) is 13.2 Å². The fraction of sp³-hybridized carbons (Fsp3) is 0.571. The van der Waals surface area contributed by atoms with Crippen molar-refractivity contribution in [2.45, 2.75) is 38.3 Å². The van der Waals surface area contributed by atoms with Crippen molar-refractivity contribution in [2.75, 3.05) is 19.1 Å². The summed E-state index contributed by atoms with van der Waals surface area (Å²) in [7, 11) is 3.75. The van der Waals surface area contributed by atoms with Crippen molar-refractivity contribution in [3.05, 3.63) is 23.8 Å². The van der Waals surface area contributed by atoms with Gasteiger partial charge in [-0.15, -0.1) is 0 Å². The Kier molecular flexibility index (Phi) is 3.57. The van der Waals surface area contributed by atoms with Crippen LogP contribution in [-0.4, -0.2) is 25.3 Å². The van der Waals surface area contributed by atoms with E-state index in [4.69, 9.17) is 4.74 Å². The number of hydrogen-bond donors (Lipinski definition) is 1. The molecular formula is C14H21NO2. The van der Waals surface area contributed by atoms with E-state index in [0.29, 0.717) is 6.04 Å². The Bertz CT molecular complexity index is 386. The monoisotopic (exact) mass is 235 g/mol. The van der Waals surface area contributed by atoms with E-state index in [1.807, 2.05) is 12.1 Å². The summed E-state index contributed by atoms with van der Waals surface area (Å²) in [4.78, 5) is 2.27. The summed E-state index contributed by atoms with van der Waals surface area (Å²) in [6.45, 7) is 1.79. The molecular weight excluding hydrogens is 214 g/mol. The standard InChI is InChI=1S/C14H21NO2/c1-10(16)14-12(8-5-9-13(14)17-3)15(2)11-6-4-7-11/h5,8-11,16H,4,6-7H2,1-3H3/t10-/m1/s1. The number of aliphatic hydroxyl groups excluding tert-OH is 1. The van der Waals surface area contributed by atoms with Gasteiger partial charge in [0.1, 0.15) is 5.75 Å². The molecule has 0 spiro atoms. The third-order valence-electron chi connectivity index (χ3n) is 3.68. The second kappa shape index (κ2) is 4.96. The van der Waals surface area contributed by atoms with Gasteiger partial charge in [0.15, 0.2) is 0 Å². The van der Waals surface area contributed by atoms with Gasteiger partial charge in [-0.3, -0.25) is 0 Å². The maximum absolute atomic E-state index is 9.93. The van der Waals surface area contributed by atoms with Crippen LogP contribution in [0.25, 0.3) is 0 Å². The van der Waals surface area contributed by atoms with Gasteiger partial charge in [0.25, 0.3) is 0 Å². The molecule has 2 rings (SSSR count). The van der Waals surface area contributed by atoms with Crippen LogP contribution in [0.5, 0.6) is 5.75 Å². The molecule has 17 heavy (non-hydrogen) atoms. The van der Waals surface area contributed by atoms with Crippen LogP contribution in [0.2, 0.25) is 0 Å². The normalized spacial score (nSPS) is 17.4. The summed E-state index contributed by atoms with van der Waals surface area (Å²) < 4.78 is 5.34. The summed E-state index contributed by atoms with van der Waals surface area (Å²) in [5.74, 6) is 0.767. The molecule has 1 aliphatic rings. The van der Waals surface area contributed by atoms with Gasteiger partial charge in [-0.05, 0) is 38.3 Å². The molecule has 0 unspecified atom stereocenters. The summed E-state index contributed by atoms with van der Waals surface area (Å²) in [6, 6.07) is 6.55. The zero-order valence-electron chi connectivity index (χ0n) is 10.8. The minimum atomic E-state index is -0.510. The summed E-state index contributed by atoms with van der Waals surface area (Å²) in [5, 5.41) is 9.93. The predicted octanol–water partition coefficient (Wildman–Crippen LogP) is 2.74. The first kappa shape index (κ1) is 12.2. The van der Waals surface area contributed by atoms with Crippen molar-refractivity contribution in [3.8, 4) is 5.75 Å². The number of benzene rings is 1. The van der Waals surface area contributed by atoms with Gasteiger partial charge in [-0.25, -0.2) is 0 Å². The second-order valence-electron chi connectivity index (χ2n) is 4.76. The van der Waals surface area contributed by atoms with E-state index in [1.165, 1.54) is 19.3 Å². The molecule has 0 heterocycles. The maximum Gasteiger partial charge on any atom is 0.126 e. The molecule has 0 aromatic heterocycles. The van der Waals surface area contributed by atoms with Crippen LogP contribution in [0.3, 0.4) is 0 Å². The Hall–Kier alpha value is -1.22. The molecule has 0 amide bonds. The number of rotatable bonds is 4. The molecule has 1 aromatic rings. The SMILES string of the molecule is COc1cccc(N(C)C2CCC2)c1[C@@H](C)O. The Morgan fingerprint density at radius 2 is 2.12 bits per heavy atom. The van der Waals surface area contributed by atoms with E-state index in [1.54, 1.807) is 14.0 Å². The average Bonchev–Trinajstić information content (AvgIpc) is 2.25. The van der Waals surface area contributed by atoms with Gasteiger partial charge in [0.2, 0.25) is 0 Å². The van der Waals surface area contributed by atoms with Crippen molar-refractivity contribution in [3.63, 3.8) is 0 Å². The number of methoxy groups -OCH3 is 1. The minimum Gasteiger partial charge on any atom is -0.496 e. The molecule has 0 aliphatic heterocycles. The first-order valence-electron chi connectivity index (χ1n) is 6.23. The maximum atomic E-state index is 9.93. The van der Waals surface area contributed by atoms with Gasteiger partial charge in [0, 0.05) is 24.3 Å². The molecule has 0 radical (unpaired) electrons. The molecule has 1 N–H and O–H groups in total. The number of anilines is 1. The van der Waals surface area contributed by atoms with Crippen molar-refractivity contribution in [2.24, 2.45) is 0 Å². The highest BCUT2D eigenvalue weighted by Gasteiger charge is 2.25. The molecule has 1 atom stereocenters. The average molecular weight is 235 g/mol. The van der Waals surface area contributed by atoms with E-state index in [-0.39, 0.29) is 0 Å². The Morgan fingerprint density at radius 1 is 1.41 bits per heavy atom. The number of nitrogens with zero attached hydrogens (tertiary/aromatic N) is 1. The van der Waals surface area contributed by atoms with Gasteiger partial charge < -0.3 is 14.7 Å². The highest BCUT2D eigenvalue weighted by molar-refractivity contribution is 5.60. The van der Waals surface area contributed by atoms with Gasteiger partial charge in [-0.1, -0.05) is 6.07 Å².